The van der Waals surface area contributed by atoms with Crippen LogP contribution in [-0.2, 0) is 6.18 Å². The minimum Gasteiger partial charge on any atom is -0.397 e. The standard InChI is InChI=1S/C16H21F3N2/c17-16(18,19)13-5-6-15(14(20)9-13)21-8-7-11-3-1-2-4-12(11)10-21/h5-6,9,11-12H,1-4,7-8,10,20H2/t11-,12?/m0/s1. The molecule has 2 aliphatic rings. The molecule has 1 saturated carbocycles. The van der Waals surface area contributed by atoms with Crippen LogP contribution in [0.5, 0.6) is 0 Å². The molecule has 2 nitrogen and oxygen atoms in total. The molecule has 1 aliphatic carbocycles. The minimum atomic E-state index is -4.33. The first kappa shape index (κ1) is 14.5. The molecule has 0 aromatic heterocycles. The zero-order valence-corrected chi connectivity index (χ0v) is 12.0. The van der Waals surface area contributed by atoms with Gasteiger partial charge in [0.05, 0.1) is 16.9 Å². The van der Waals surface area contributed by atoms with Gasteiger partial charge in [0, 0.05) is 13.1 Å². The van der Waals surface area contributed by atoms with E-state index in [0.717, 1.165) is 43.2 Å². The largest absolute Gasteiger partial charge is 0.416 e. The summed E-state index contributed by atoms with van der Waals surface area (Å²) < 4.78 is 38.1. The van der Waals surface area contributed by atoms with Crippen LogP contribution in [0.3, 0.4) is 0 Å². The van der Waals surface area contributed by atoms with Gasteiger partial charge in [0.2, 0.25) is 0 Å². The smallest absolute Gasteiger partial charge is 0.397 e. The highest BCUT2D eigenvalue weighted by molar-refractivity contribution is 5.69. The maximum absolute atomic E-state index is 12.7. The second-order valence-corrected chi connectivity index (χ2v) is 6.31. The average Bonchev–Trinajstić information content (AvgIpc) is 2.45. The van der Waals surface area contributed by atoms with Gasteiger partial charge in [0.25, 0.3) is 0 Å². The van der Waals surface area contributed by atoms with E-state index in [1.807, 2.05) is 0 Å². The molecule has 2 atom stereocenters. The number of anilines is 2. The van der Waals surface area contributed by atoms with Crippen molar-refractivity contribution in [2.24, 2.45) is 11.8 Å². The van der Waals surface area contributed by atoms with Crippen molar-refractivity contribution in [3.8, 4) is 0 Å². The van der Waals surface area contributed by atoms with Crippen LogP contribution < -0.4 is 10.6 Å². The molecule has 2 fully saturated rings. The molecule has 0 spiro atoms. The lowest BCUT2D eigenvalue weighted by atomic mass is 9.75. The number of rotatable bonds is 1. The Morgan fingerprint density at radius 1 is 1.05 bits per heavy atom. The predicted molar refractivity (Wildman–Crippen MR) is 78.1 cm³/mol. The molecule has 0 radical (unpaired) electrons. The van der Waals surface area contributed by atoms with Gasteiger partial charge >= 0.3 is 6.18 Å². The van der Waals surface area contributed by atoms with Crippen molar-refractivity contribution in [3.63, 3.8) is 0 Å². The topological polar surface area (TPSA) is 29.3 Å². The summed E-state index contributed by atoms with van der Waals surface area (Å²) in [5.74, 6) is 1.47. The molecule has 1 aromatic carbocycles. The molecule has 5 heteroatoms. The van der Waals surface area contributed by atoms with Gasteiger partial charge in [-0.15, -0.1) is 0 Å². The van der Waals surface area contributed by atoms with Crippen LogP contribution in [0.1, 0.15) is 37.7 Å². The first-order valence-electron chi connectivity index (χ1n) is 7.67. The number of nitrogen functional groups attached to an aromatic ring is 1. The Hall–Kier alpha value is -1.39. The molecule has 1 aliphatic heterocycles. The van der Waals surface area contributed by atoms with E-state index in [1.165, 1.54) is 31.7 Å². The zero-order valence-electron chi connectivity index (χ0n) is 12.0. The van der Waals surface area contributed by atoms with E-state index in [4.69, 9.17) is 5.73 Å². The summed E-state index contributed by atoms with van der Waals surface area (Å²) in [4.78, 5) is 2.17. The van der Waals surface area contributed by atoms with Crippen molar-refractivity contribution in [1.29, 1.82) is 0 Å². The highest BCUT2D eigenvalue weighted by Crippen LogP contribution is 2.40. The first-order chi connectivity index (χ1) is 9.95. The lowest BCUT2D eigenvalue weighted by Gasteiger charge is -2.42. The molecule has 0 amide bonds. The van der Waals surface area contributed by atoms with E-state index in [2.05, 4.69) is 4.90 Å². The van der Waals surface area contributed by atoms with E-state index in [0.29, 0.717) is 5.92 Å². The molecule has 1 saturated heterocycles. The van der Waals surface area contributed by atoms with Gasteiger partial charge in [-0.3, -0.25) is 0 Å². The molecule has 0 bridgehead atoms. The summed E-state index contributed by atoms with van der Waals surface area (Å²) in [5.41, 5.74) is 6.20. The monoisotopic (exact) mass is 298 g/mol. The Kier molecular flexibility index (Phi) is 3.76. The molecule has 1 heterocycles. The molecule has 21 heavy (non-hydrogen) atoms. The fourth-order valence-electron chi connectivity index (χ4n) is 3.84. The fourth-order valence-corrected chi connectivity index (χ4v) is 3.84. The van der Waals surface area contributed by atoms with E-state index in [9.17, 15) is 13.2 Å². The van der Waals surface area contributed by atoms with E-state index < -0.39 is 11.7 Å². The number of benzene rings is 1. The van der Waals surface area contributed by atoms with Crippen LogP contribution in [-0.4, -0.2) is 13.1 Å². The number of alkyl halides is 3. The number of hydrogen-bond acceptors (Lipinski definition) is 2. The van der Waals surface area contributed by atoms with Gasteiger partial charge < -0.3 is 10.6 Å². The SMILES string of the molecule is Nc1cc(C(F)(F)F)ccc1N1CC[C@@H]2CCCCC2C1. The third kappa shape index (κ3) is 2.97. The maximum atomic E-state index is 12.7. The average molecular weight is 298 g/mol. The second kappa shape index (κ2) is 5.43. The van der Waals surface area contributed by atoms with Crippen LogP contribution in [0.25, 0.3) is 0 Å². The summed E-state index contributed by atoms with van der Waals surface area (Å²) in [6.07, 6.45) is 1.94. The Morgan fingerprint density at radius 2 is 1.76 bits per heavy atom. The molecule has 116 valence electrons. The van der Waals surface area contributed by atoms with Gasteiger partial charge in [-0.05, 0) is 42.9 Å². The molecule has 1 unspecified atom stereocenters. The number of hydrogen-bond donors (Lipinski definition) is 1. The van der Waals surface area contributed by atoms with Crippen molar-refractivity contribution in [2.75, 3.05) is 23.7 Å². The Labute approximate surface area is 123 Å². The Morgan fingerprint density at radius 3 is 2.43 bits per heavy atom. The van der Waals surface area contributed by atoms with Crippen molar-refractivity contribution < 1.29 is 13.2 Å². The maximum Gasteiger partial charge on any atom is 0.416 e. The van der Waals surface area contributed by atoms with Crippen molar-refractivity contribution in [1.82, 2.24) is 0 Å². The van der Waals surface area contributed by atoms with E-state index >= 15 is 0 Å². The number of fused-ring (bicyclic) bond motifs is 1. The number of nitrogens with zero attached hydrogens (tertiary/aromatic N) is 1. The summed E-state index contributed by atoms with van der Waals surface area (Å²) in [5, 5.41) is 0. The Bertz CT molecular complexity index is 513. The number of piperidine rings is 1. The van der Waals surface area contributed by atoms with Gasteiger partial charge in [-0.25, -0.2) is 0 Å². The normalized spacial score (nSPS) is 26.5. The lowest BCUT2D eigenvalue weighted by molar-refractivity contribution is -0.137. The fraction of sp³-hybridized carbons (Fsp3) is 0.625. The second-order valence-electron chi connectivity index (χ2n) is 6.31. The van der Waals surface area contributed by atoms with Crippen LogP contribution in [0.15, 0.2) is 18.2 Å². The van der Waals surface area contributed by atoms with Crippen LogP contribution in [0.2, 0.25) is 0 Å². The molecule has 3 rings (SSSR count). The van der Waals surface area contributed by atoms with Crippen molar-refractivity contribution in [3.05, 3.63) is 23.8 Å². The van der Waals surface area contributed by atoms with Gasteiger partial charge in [0.15, 0.2) is 0 Å². The predicted octanol–water partition coefficient (Wildman–Crippen LogP) is 4.30. The molecule has 1 aromatic rings. The third-order valence-corrected chi connectivity index (χ3v) is 4.99. The molecule has 2 N–H and O–H groups in total. The van der Waals surface area contributed by atoms with Crippen molar-refractivity contribution in [2.45, 2.75) is 38.3 Å². The summed E-state index contributed by atoms with van der Waals surface area (Å²) in [7, 11) is 0. The van der Waals surface area contributed by atoms with E-state index in [-0.39, 0.29) is 5.69 Å². The lowest BCUT2D eigenvalue weighted by Crippen LogP contribution is -2.42. The molecular weight excluding hydrogens is 277 g/mol. The Balaban J connectivity index is 1.78. The van der Waals surface area contributed by atoms with Crippen LogP contribution in [0.4, 0.5) is 24.5 Å². The van der Waals surface area contributed by atoms with Gasteiger partial charge in [0.1, 0.15) is 0 Å². The quantitative estimate of drug-likeness (QED) is 0.783. The first-order valence-corrected chi connectivity index (χ1v) is 7.67. The van der Waals surface area contributed by atoms with Crippen LogP contribution in [0, 0.1) is 11.8 Å². The highest BCUT2D eigenvalue weighted by atomic mass is 19.4. The summed E-state index contributed by atoms with van der Waals surface area (Å²) >= 11 is 0. The van der Waals surface area contributed by atoms with Gasteiger partial charge in [-0.2, -0.15) is 13.2 Å². The summed E-state index contributed by atoms with van der Waals surface area (Å²) in [6, 6.07) is 3.72. The third-order valence-electron chi connectivity index (χ3n) is 4.99. The highest BCUT2D eigenvalue weighted by Gasteiger charge is 2.33. The summed E-state index contributed by atoms with van der Waals surface area (Å²) in [6.45, 7) is 1.83. The van der Waals surface area contributed by atoms with Gasteiger partial charge in [-0.1, -0.05) is 19.3 Å². The number of nitrogens with two attached hydrogens (primary N) is 1. The zero-order chi connectivity index (χ0) is 15.0. The van der Waals surface area contributed by atoms with E-state index in [1.54, 1.807) is 0 Å². The van der Waals surface area contributed by atoms with Crippen LogP contribution >= 0.6 is 0 Å². The molecular formula is C16H21F3N2. The minimum absolute atomic E-state index is 0.235. The number of halogens is 3. The van der Waals surface area contributed by atoms with Crippen molar-refractivity contribution >= 4 is 11.4 Å².